The number of hydrogen-bond donors (Lipinski definition) is 0. The fourth-order valence-electron chi connectivity index (χ4n) is 2.73. The first kappa shape index (κ1) is 9.76. The molecule has 0 atom stereocenters. The topological polar surface area (TPSA) is 25.8 Å². The summed E-state index contributed by atoms with van der Waals surface area (Å²) in [7, 11) is 0. The van der Waals surface area contributed by atoms with E-state index >= 15 is 0 Å². The van der Waals surface area contributed by atoms with E-state index in [9.17, 15) is 0 Å². The smallest absolute Gasteiger partial charge is 0.0485 e. The van der Waals surface area contributed by atoms with Crippen molar-refractivity contribution in [2.24, 2.45) is 0 Å². The van der Waals surface area contributed by atoms with Gasteiger partial charge in [-0.3, -0.25) is 9.97 Å². The Morgan fingerprint density at radius 3 is 3.00 bits per heavy atom. The molecule has 1 aliphatic rings. The molecule has 2 heteroatoms. The van der Waals surface area contributed by atoms with Crippen LogP contribution in [-0.2, 0) is 11.8 Å². The number of hydrogen-bond acceptors (Lipinski definition) is 2. The van der Waals surface area contributed by atoms with E-state index in [0.29, 0.717) is 0 Å². The van der Waals surface area contributed by atoms with Gasteiger partial charge in [0, 0.05) is 35.1 Å². The molecule has 0 spiro atoms. The lowest BCUT2D eigenvalue weighted by Crippen LogP contribution is -2.16. The maximum Gasteiger partial charge on any atom is 0.0485 e. The van der Waals surface area contributed by atoms with Gasteiger partial charge in [0.05, 0.1) is 0 Å². The summed E-state index contributed by atoms with van der Waals surface area (Å²) in [5.41, 5.74) is 2.84. The van der Waals surface area contributed by atoms with Crippen molar-refractivity contribution in [2.75, 3.05) is 0 Å². The minimum absolute atomic E-state index is 0.223. The Hall–Kier alpha value is -1.44. The normalized spacial score (nSPS) is 18.4. The minimum atomic E-state index is 0.223. The van der Waals surface area contributed by atoms with Crippen molar-refractivity contribution in [3.63, 3.8) is 0 Å². The van der Waals surface area contributed by atoms with E-state index in [-0.39, 0.29) is 5.41 Å². The van der Waals surface area contributed by atoms with Gasteiger partial charge in [-0.05, 0) is 36.3 Å². The van der Waals surface area contributed by atoms with Crippen LogP contribution in [0.25, 0.3) is 10.8 Å². The maximum absolute atomic E-state index is 4.54. The van der Waals surface area contributed by atoms with Crippen LogP contribution in [0.5, 0.6) is 0 Å². The number of aryl methyl sites for hydroxylation is 1. The van der Waals surface area contributed by atoms with Crippen molar-refractivity contribution in [1.29, 1.82) is 0 Å². The second kappa shape index (κ2) is 3.27. The van der Waals surface area contributed by atoms with E-state index < -0.39 is 0 Å². The molecule has 0 aromatic carbocycles. The Bertz CT molecular complexity index is 538. The third-order valence-corrected chi connectivity index (χ3v) is 3.69. The first-order chi connectivity index (χ1) is 7.68. The zero-order chi connectivity index (χ0) is 11.2. The van der Waals surface area contributed by atoms with Gasteiger partial charge in [-0.1, -0.05) is 13.8 Å². The van der Waals surface area contributed by atoms with Gasteiger partial charge in [-0.25, -0.2) is 0 Å². The Labute approximate surface area is 95.7 Å². The molecule has 2 heterocycles. The van der Waals surface area contributed by atoms with Crippen LogP contribution in [0.3, 0.4) is 0 Å². The summed E-state index contributed by atoms with van der Waals surface area (Å²) >= 11 is 0. The largest absolute Gasteiger partial charge is 0.264 e. The molecule has 0 bridgehead atoms. The summed E-state index contributed by atoms with van der Waals surface area (Å²) in [4.78, 5) is 8.90. The molecule has 0 unspecified atom stereocenters. The molecule has 0 amide bonds. The first-order valence-corrected chi connectivity index (χ1v) is 5.90. The van der Waals surface area contributed by atoms with E-state index in [2.05, 4.69) is 29.9 Å². The third-order valence-electron chi connectivity index (χ3n) is 3.69. The molecule has 0 saturated carbocycles. The van der Waals surface area contributed by atoms with E-state index in [0.717, 1.165) is 6.42 Å². The Kier molecular flexibility index (Phi) is 2.00. The van der Waals surface area contributed by atoms with E-state index in [4.69, 9.17) is 0 Å². The second-order valence-electron chi connectivity index (χ2n) is 5.28. The molecule has 16 heavy (non-hydrogen) atoms. The molecule has 0 N–H and O–H groups in total. The van der Waals surface area contributed by atoms with Gasteiger partial charge in [0.15, 0.2) is 0 Å². The predicted octanol–water partition coefficient (Wildman–Crippen LogP) is 3.24. The molecule has 0 aliphatic heterocycles. The zero-order valence-electron chi connectivity index (χ0n) is 9.83. The predicted molar refractivity (Wildman–Crippen MR) is 65.5 cm³/mol. The van der Waals surface area contributed by atoms with Crippen LogP contribution in [0, 0.1) is 0 Å². The van der Waals surface area contributed by atoms with Crippen LogP contribution in [0.4, 0.5) is 0 Å². The summed E-state index contributed by atoms with van der Waals surface area (Å²) in [6.07, 6.45) is 9.40. The highest BCUT2D eigenvalue weighted by Gasteiger charge is 2.27. The standard InChI is InChI=1S/C14H16N2/c1-14(2)6-3-4-12-13-10(5-7-16-12)8-15-9-11(13)14/h5,7-9H,3-4,6H2,1-2H3. The summed E-state index contributed by atoms with van der Waals surface area (Å²) in [5.74, 6) is 0. The molecule has 82 valence electrons. The minimum Gasteiger partial charge on any atom is -0.264 e. The fourth-order valence-corrected chi connectivity index (χ4v) is 2.73. The van der Waals surface area contributed by atoms with Gasteiger partial charge in [-0.15, -0.1) is 0 Å². The lowest BCUT2D eigenvalue weighted by molar-refractivity contribution is 0.470. The highest BCUT2D eigenvalue weighted by molar-refractivity contribution is 5.87. The number of pyridine rings is 2. The molecule has 0 radical (unpaired) electrons. The van der Waals surface area contributed by atoms with Crippen molar-refractivity contribution in [2.45, 2.75) is 38.5 Å². The van der Waals surface area contributed by atoms with Crippen LogP contribution in [-0.4, -0.2) is 9.97 Å². The Morgan fingerprint density at radius 1 is 1.25 bits per heavy atom. The van der Waals surface area contributed by atoms with Gasteiger partial charge in [-0.2, -0.15) is 0 Å². The van der Waals surface area contributed by atoms with Crippen molar-refractivity contribution < 1.29 is 0 Å². The number of rotatable bonds is 0. The third kappa shape index (κ3) is 1.33. The van der Waals surface area contributed by atoms with Gasteiger partial charge < -0.3 is 0 Å². The summed E-state index contributed by atoms with van der Waals surface area (Å²) < 4.78 is 0. The lowest BCUT2D eigenvalue weighted by atomic mass is 9.81. The SMILES string of the molecule is CC1(C)CCCc2nccc3cncc1c23. The van der Waals surface area contributed by atoms with Crippen LogP contribution >= 0.6 is 0 Å². The lowest BCUT2D eigenvalue weighted by Gasteiger charge is -2.24. The zero-order valence-corrected chi connectivity index (χ0v) is 9.83. The summed E-state index contributed by atoms with van der Waals surface area (Å²) in [6, 6.07) is 2.07. The van der Waals surface area contributed by atoms with Crippen LogP contribution in [0.2, 0.25) is 0 Å². The van der Waals surface area contributed by atoms with Crippen molar-refractivity contribution in [1.82, 2.24) is 9.97 Å². The van der Waals surface area contributed by atoms with Gasteiger partial charge in [0.25, 0.3) is 0 Å². The molecule has 1 aliphatic carbocycles. The quantitative estimate of drug-likeness (QED) is 0.670. The van der Waals surface area contributed by atoms with Crippen LogP contribution < -0.4 is 0 Å². The van der Waals surface area contributed by atoms with E-state index in [1.807, 2.05) is 18.6 Å². The molecule has 0 saturated heterocycles. The second-order valence-corrected chi connectivity index (χ2v) is 5.28. The monoisotopic (exact) mass is 212 g/mol. The molecule has 0 fully saturated rings. The average Bonchev–Trinajstić information content (AvgIpc) is 2.39. The van der Waals surface area contributed by atoms with E-state index in [1.54, 1.807) is 0 Å². The molecule has 2 aromatic heterocycles. The van der Waals surface area contributed by atoms with E-state index in [1.165, 1.54) is 34.9 Å². The van der Waals surface area contributed by atoms with Crippen LogP contribution in [0.1, 0.15) is 37.9 Å². The summed E-state index contributed by atoms with van der Waals surface area (Å²) in [6.45, 7) is 4.62. The number of nitrogens with zero attached hydrogens (tertiary/aromatic N) is 2. The van der Waals surface area contributed by atoms with Crippen molar-refractivity contribution >= 4 is 10.8 Å². The van der Waals surface area contributed by atoms with Gasteiger partial charge in [0.2, 0.25) is 0 Å². The maximum atomic E-state index is 4.54. The molecule has 2 aromatic rings. The Morgan fingerprint density at radius 2 is 2.12 bits per heavy atom. The van der Waals surface area contributed by atoms with Gasteiger partial charge >= 0.3 is 0 Å². The fraction of sp³-hybridized carbons (Fsp3) is 0.429. The first-order valence-electron chi connectivity index (χ1n) is 5.90. The summed E-state index contributed by atoms with van der Waals surface area (Å²) in [5, 5.41) is 2.58. The molecule has 3 rings (SSSR count). The molecular formula is C14H16N2. The van der Waals surface area contributed by atoms with Gasteiger partial charge in [0.1, 0.15) is 0 Å². The highest BCUT2D eigenvalue weighted by atomic mass is 14.7. The Balaban J connectivity index is 2.43. The molecular weight excluding hydrogens is 196 g/mol. The number of aromatic nitrogens is 2. The van der Waals surface area contributed by atoms with Crippen LogP contribution in [0.15, 0.2) is 24.7 Å². The molecule has 2 nitrogen and oxygen atoms in total. The average molecular weight is 212 g/mol. The van der Waals surface area contributed by atoms with Crippen molar-refractivity contribution in [3.05, 3.63) is 35.9 Å². The van der Waals surface area contributed by atoms with Crippen molar-refractivity contribution in [3.8, 4) is 0 Å². The highest BCUT2D eigenvalue weighted by Crippen LogP contribution is 2.37.